The number of nitrogens with zero attached hydrogens (tertiary/aromatic N) is 1. The number of anilines is 1. The third-order valence-corrected chi connectivity index (χ3v) is 2.43. The summed E-state index contributed by atoms with van der Waals surface area (Å²) in [5, 5.41) is 8.31. The van der Waals surface area contributed by atoms with E-state index in [9.17, 15) is 0 Å². The predicted molar refractivity (Wildman–Crippen MR) is 76.1 cm³/mol. The molecule has 0 atom stereocenters. The third-order valence-electron chi connectivity index (χ3n) is 1.82. The SMILES string of the molecule is CCN(C(=N)SC)c1ccccc1.I. The summed E-state index contributed by atoms with van der Waals surface area (Å²) >= 11 is 1.46. The second kappa shape index (κ2) is 7.11. The molecule has 1 rings (SSSR count). The van der Waals surface area contributed by atoms with E-state index in [1.54, 1.807) is 0 Å². The highest BCUT2D eigenvalue weighted by molar-refractivity contribution is 14.0. The lowest BCUT2D eigenvalue weighted by molar-refractivity contribution is 1.06. The lowest BCUT2D eigenvalue weighted by Gasteiger charge is -2.21. The number of thioether (sulfide) groups is 1. The van der Waals surface area contributed by atoms with Crippen molar-refractivity contribution in [3.63, 3.8) is 0 Å². The Hall–Kier alpha value is -0.230. The average Bonchev–Trinajstić information content (AvgIpc) is 2.20. The zero-order chi connectivity index (χ0) is 9.68. The molecule has 0 radical (unpaired) electrons. The normalized spacial score (nSPS) is 9.00. The Labute approximate surface area is 107 Å². The van der Waals surface area contributed by atoms with E-state index in [-0.39, 0.29) is 24.0 Å². The van der Waals surface area contributed by atoms with Crippen molar-refractivity contribution in [2.75, 3.05) is 17.7 Å². The van der Waals surface area contributed by atoms with Crippen molar-refractivity contribution in [2.45, 2.75) is 6.92 Å². The summed E-state index contributed by atoms with van der Waals surface area (Å²) < 4.78 is 0. The highest BCUT2D eigenvalue weighted by atomic mass is 127. The topological polar surface area (TPSA) is 27.1 Å². The Balaban J connectivity index is 0.00000169. The zero-order valence-electron chi connectivity index (χ0n) is 8.36. The standard InChI is InChI=1S/C10H14N2S.HI/c1-3-12(10(11)13-2)9-7-5-4-6-8-9;/h4-8,11H,3H2,1-2H3;1H. The first-order chi connectivity index (χ1) is 6.29. The van der Waals surface area contributed by atoms with E-state index in [0.717, 1.165) is 12.2 Å². The minimum Gasteiger partial charge on any atom is -0.322 e. The molecule has 0 aliphatic carbocycles. The molecule has 0 bridgehead atoms. The molecule has 0 aromatic heterocycles. The van der Waals surface area contributed by atoms with Crippen LogP contribution < -0.4 is 4.90 Å². The number of amidine groups is 1. The van der Waals surface area contributed by atoms with Crippen molar-refractivity contribution in [3.8, 4) is 0 Å². The molecule has 0 saturated carbocycles. The quantitative estimate of drug-likeness (QED) is 0.513. The highest BCUT2D eigenvalue weighted by Crippen LogP contribution is 2.16. The molecule has 0 aliphatic heterocycles. The number of benzene rings is 1. The predicted octanol–water partition coefficient (Wildman–Crippen LogP) is 3.43. The van der Waals surface area contributed by atoms with Crippen LogP contribution in [0.25, 0.3) is 0 Å². The van der Waals surface area contributed by atoms with Gasteiger partial charge in [0.15, 0.2) is 5.17 Å². The van der Waals surface area contributed by atoms with E-state index in [2.05, 4.69) is 6.92 Å². The van der Waals surface area contributed by atoms with Crippen molar-refractivity contribution in [3.05, 3.63) is 30.3 Å². The fourth-order valence-corrected chi connectivity index (χ4v) is 1.62. The van der Waals surface area contributed by atoms with Crippen molar-refractivity contribution in [1.29, 1.82) is 5.41 Å². The van der Waals surface area contributed by atoms with E-state index in [1.807, 2.05) is 41.5 Å². The number of para-hydroxylation sites is 1. The molecule has 0 saturated heterocycles. The van der Waals surface area contributed by atoms with E-state index < -0.39 is 0 Å². The second-order valence-corrected chi connectivity index (χ2v) is 3.38. The van der Waals surface area contributed by atoms with Gasteiger partial charge in [0.25, 0.3) is 0 Å². The van der Waals surface area contributed by atoms with Crippen LogP contribution in [0.5, 0.6) is 0 Å². The van der Waals surface area contributed by atoms with Gasteiger partial charge in [0.05, 0.1) is 0 Å². The van der Waals surface area contributed by atoms with Gasteiger partial charge in [-0.15, -0.1) is 24.0 Å². The van der Waals surface area contributed by atoms with Gasteiger partial charge >= 0.3 is 0 Å². The molecule has 0 spiro atoms. The molecule has 1 aromatic carbocycles. The van der Waals surface area contributed by atoms with Gasteiger partial charge in [-0.25, -0.2) is 0 Å². The highest BCUT2D eigenvalue weighted by Gasteiger charge is 2.07. The first kappa shape index (κ1) is 13.8. The molecule has 1 N–H and O–H groups in total. The summed E-state index contributed by atoms with van der Waals surface area (Å²) in [5.41, 5.74) is 1.09. The number of halogens is 1. The van der Waals surface area contributed by atoms with Crippen molar-refractivity contribution >= 4 is 46.6 Å². The van der Waals surface area contributed by atoms with Crippen LogP contribution in [0.3, 0.4) is 0 Å². The van der Waals surface area contributed by atoms with Crippen LogP contribution in [-0.2, 0) is 0 Å². The Kier molecular flexibility index (Phi) is 7.00. The maximum absolute atomic E-state index is 7.72. The van der Waals surface area contributed by atoms with E-state index in [1.165, 1.54) is 11.8 Å². The Morgan fingerprint density at radius 3 is 2.36 bits per heavy atom. The Bertz CT molecular complexity index is 277. The third kappa shape index (κ3) is 3.49. The fraction of sp³-hybridized carbons (Fsp3) is 0.300. The minimum absolute atomic E-state index is 0. The van der Waals surface area contributed by atoms with E-state index in [4.69, 9.17) is 5.41 Å². The molecular formula is C10H15IN2S. The molecule has 1 aromatic rings. The second-order valence-electron chi connectivity index (χ2n) is 2.59. The molecule has 0 aliphatic rings. The van der Waals surface area contributed by atoms with Crippen molar-refractivity contribution < 1.29 is 0 Å². The Morgan fingerprint density at radius 1 is 1.36 bits per heavy atom. The number of nitrogens with one attached hydrogen (secondary N) is 1. The maximum atomic E-state index is 7.72. The molecule has 0 amide bonds. The Morgan fingerprint density at radius 2 is 1.93 bits per heavy atom. The van der Waals surface area contributed by atoms with Crippen LogP contribution >= 0.6 is 35.7 Å². The molecule has 0 unspecified atom stereocenters. The smallest absolute Gasteiger partial charge is 0.160 e. The average molecular weight is 322 g/mol. The molecule has 0 fully saturated rings. The maximum Gasteiger partial charge on any atom is 0.160 e. The van der Waals surface area contributed by atoms with Gasteiger partial charge in [-0.1, -0.05) is 30.0 Å². The molecule has 0 heterocycles. The summed E-state index contributed by atoms with van der Waals surface area (Å²) in [4.78, 5) is 1.98. The monoisotopic (exact) mass is 322 g/mol. The van der Waals surface area contributed by atoms with Gasteiger partial charge in [-0.2, -0.15) is 0 Å². The largest absolute Gasteiger partial charge is 0.322 e. The first-order valence-electron chi connectivity index (χ1n) is 4.24. The number of rotatable bonds is 2. The molecule has 2 nitrogen and oxygen atoms in total. The van der Waals surface area contributed by atoms with Gasteiger partial charge in [-0.3, -0.25) is 5.41 Å². The lowest BCUT2D eigenvalue weighted by Crippen LogP contribution is -2.26. The number of hydrogen-bond acceptors (Lipinski definition) is 2. The van der Waals surface area contributed by atoms with Gasteiger partial charge in [-0.05, 0) is 25.3 Å². The molecule has 4 heteroatoms. The van der Waals surface area contributed by atoms with Crippen molar-refractivity contribution in [2.24, 2.45) is 0 Å². The van der Waals surface area contributed by atoms with Gasteiger partial charge < -0.3 is 4.90 Å². The summed E-state index contributed by atoms with van der Waals surface area (Å²) in [6.45, 7) is 2.89. The van der Waals surface area contributed by atoms with Crippen LogP contribution in [-0.4, -0.2) is 18.0 Å². The van der Waals surface area contributed by atoms with Crippen LogP contribution in [0.15, 0.2) is 30.3 Å². The lowest BCUT2D eigenvalue weighted by atomic mass is 10.3. The van der Waals surface area contributed by atoms with Crippen molar-refractivity contribution in [1.82, 2.24) is 0 Å². The van der Waals surface area contributed by atoms with Crippen LogP contribution in [0.1, 0.15) is 6.92 Å². The molecule has 78 valence electrons. The van der Waals surface area contributed by atoms with E-state index >= 15 is 0 Å². The van der Waals surface area contributed by atoms with Gasteiger partial charge in [0.2, 0.25) is 0 Å². The summed E-state index contributed by atoms with van der Waals surface area (Å²) in [6.07, 6.45) is 1.92. The van der Waals surface area contributed by atoms with Crippen LogP contribution in [0.2, 0.25) is 0 Å². The number of hydrogen-bond donors (Lipinski definition) is 1. The summed E-state index contributed by atoms with van der Waals surface area (Å²) in [5.74, 6) is 0. The summed E-state index contributed by atoms with van der Waals surface area (Å²) in [7, 11) is 0. The van der Waals surface area contributed by atoms with Gasteiger partial charge in [0, 0.05) is 12.2 Å². The zero-order valence-corrected chi connectivity index (χ0v) is 11.5. The minimum atomic E-state index is 0. The van der Waals surface area contributed by atoms with Crippen LogP contribution in [0, 0.1) is 5.41 Å². The molecule has 14 heavy (non-hydrogen) atoms. The molecular weight excluding hydrogens is 307 g/mol. The van der Waals surface area contributed by atoms with E-state index in [0.29, 0.717) is 5.17 Å². The first-order valence-corrected chi connectivity index (χ1v) is 5.47. The van der Waals surface area contributed by atoms with Gasteiger partial charge in [0.1, 0.15) is 0 Å². The summed E-state index contributed by atoms with van der Waals surface area (Å²) in [6, 6.07) is 10.0. The fourth-order valence-electron chi connectivity index (χ4n) is 1.16. The van der Waals surface area contributed by atoms with Crippen LogP contribution in [0.4, 0.5) is 5.69 Å².